The van der Waals surface area contributed by atoms with Gasteiger partial charge in [-0.25, -0.2) is 4.39 Å². The van der Waals surface area contributed by atoms with Crippen molar-refractivity contribution >= 4 is 11.0 Å². The van der Waals surface area contributed by atoms with E-state index in [1.54, 1.807) is 12.1 Å². The average Bonchev–Trinajstić information content (AvgIpc) is 3.03. The first kappa shape index (κ1) is 16.3. The van der Waals surface area contributed by atoms with Crippen LogP contribution in [0.1, 0.15) is 12.7 Å². The number of hydrogen-bond donors (Lipinski definition) is 0. The highest BCUT2D eigenvalue weighted by Crippen LogP contribution is 2.27. The number of hydrogen-bond acceptors (Lipinski definition) is 3. The van der Waals surface area contributed by atoms with Crippen LogP contribution in [-0.4, -0.2) is 42.5 Å². The Morgan fingerprint density at radius 2 is 1.68 bits per heavy atom. The topological polar surface area (TPSA) is 19.6 Å². The molecule has 1 aliphatic heterocycles. The zero-order valence-electron chi connectivity index (χ0n) is 14.5. The van der Waals surface area contributed by atoms with Crippen LogP contribution in [0.15, 0.2) is 52.9 Å². The summed E-state index contributed by atoms with van der Waals surface area (Å²) in [5.74, 6) is 0.785. The SMILES string of the molecule is CCN1CCN(Cc2cc3cc(-c4cccc(F)c4)ccc3o2)CC1. The minimum atomic E-state index is -0.211. The van der Waals surface area contributed by atoms with E-state index in [1.807, 2.05) is 18.2 Å². The van der Waals surface area contributed by atoms with Crippen LogP contribution in [0.5, 0.6) is 0 Å². The van der Waals surface area contributed by atoms with Gasteiger partial charge in [-0.3, -0.25) is 4.90 Å². The first-order valence-corrected chi connectivity index (χ1v) is 8.94. The highest BCUT2D eigenvalue weighted by molar-refractivity contribution is 5.84. The lowest BCUT2D eigenvalue weighted by Crippen LogP contribution is -2.45. The molecule has 4 heteroatoms. The molecule has 1 aliphatic rings. The Kier molecular flexibility index (Phi) is 4.55. The van der Waals surface area contributed by atoms with Gasteiger partial charge < -0.3 is 9.32 Å². The normalized spacial score (nSPS) is 16.6. The standard InChI is InChI=1S/C21H23FN2O/c1-2-23-8-10-24(11-9-23)15-20-14-18-12-17(6-7-21(18)25-20)16-4-3-5-19(22)13-16/h3-7,12-14H,2,8-11,15H2,1H3. The van der Waals surface area contributed by atoms with Crippen LogP contribution in [0.25, 0.3) is 22.1 Å². The van der Waals surface area contributed by atoms with E-state index in [-0.39, 0.29) is 5.82 Å². The summed E-state index contributed by atoms with van der Waals surface area (Å²) in [5, 5.41) is 1.07. The molecule has 0 atom stereocenters. The van der Waals surface area contributed by atoms with E-state index in [1.165, 1.54) is 6.07 Å². The Bertz CT molecular complexity index is 865. The molecule has 0 spiro atoms. The summed E-state index contributed by atoms with van der Waals surface area (Å²) in [6.45, 7) is 8.60. The van der Waals surface area contributed by atoms with Crippen molar-refractivity contribution in [1.82, 2.24) is 9.80 Å². The van der Waals surface area contributed by atoms with Gasteiger partial charge >= 0.3 is 0 Å². The molecular weight excluding hydrogens is 315 g/mol. The monoisotopic (exact) mass is 338 g/mol. The van der Waals surface area contributed by atoms with Crippen molar-refractivity contribution in [2.24, 2.45) is 0 Å². The number of nitrogens with zero attached hydrogens (tertiary/aromatic N) is 2. The maximum atomic E-state index is 13.5. The molecule has 2 heterocycles. The number of furan rings is 1. The molecule has 0 bridgehead atoms. The highest BCUT2D eigenvalue weighted by atomic mass is 19.1. The number of halogens is 1. The van der Waals surface area contributed by atoms with Gasteiger partial charge in [-0.05, 0) is 48.0 Å². The van der Waals surface area contributed by atoms with E-state index >= 15 is 0 Å². The second-order valence-corrected chi connectivity index (χ2v) is 6.69. The van der Waals surface area contributed by atoms with E-state index < -0.39 is 0 Å². The van der Waals surface area contributed by atoms with E-state index in [2.05, 4.69) is 28.9 Å². The molecule has 1 aromatic heterocycles. The Morgan fingerprint density at radius 1 is 0.920 bits per heavy atom. The van der Waals surface area contributed by atoms with E-state index in [4.69, 9.17) is 4.42 Å². The smallest absolute Gasteiger partial charge is 0.134 e. The highest BCUT2D eigenvalue weighted by Gasteiger charge is 2.17. The van der Waals surface area contributed by atoms with Gasteiger partial charge in [0.25, 0.3) is 0 Å². The van der Waals surface area contributed by atoms with E-state index in [0.29, 0.717) is 0 Å². The molecular formula is C21H23FN2O. The zero-order chi connectivity index (χ0) is 17.2. The third-order valence-electron chi connectivity index (χ3n) is 5.02. The van der Waals surface area contributed by atoms with Crippen molar-refractivity contribution in [3.05, 3.63) is 60.1 Å². The predicted octanol–water partition coefficient (Wildman–Crippen LogP) is 4.38. The summed E-state index contributed by atoms with van der Waals surface area (Å²) in [6, 6.07) is 14.9. The van der Waals surface area contributed by atoms with Gasteiger partial charge in [0, 0.05) is 31.6 Å². The lowest BCUT2D eigenvalue weighted by atomic mass is 10.0. The molecule has 3 nitrogen and oxygen atoms in total. The molecule has 4 rings (SSSR count). The number of rotatable bonds is 4. The molecule has 2 aromatic carbocycles. The molecule has 1 fully saturated rings. The summed E-state index contributed by atoms with van der Waals surface area (Å²) in [5.41, 5.74) is 2.79. The van der Waals surface area contributed by atoms with Gasteiger partial charge in [0.2, 0.25) is 0 Å². The fourth-order valence-corrected chi connectivity index (χ4v) is 3.51. The molecule has 0 N–H and O–H groups in total. The minimum absolute atomic E-state index is 0.211. The van der Waals surface area contributed by atoms with E-state index in [0.717, 1.165) is 67.1 Å². The number of fused-ring (bicyclic) bond motifs is 1. The summed E-state index contributed by atoms with van der Waals surface area (Å²) >= 11 is 0. The summed E-state index contributed by atoms with van der Waals surface area (Å²) in [7, 11) is 0. The second-order valence-electron chi connectivity index (χ2n) is 6.69. The molecule has 0 radical (unpaired) electrons. The molecule has 0 unspecified atom stereocenters. The Morgan fingerprint density at radius 3 is 2.44 bits per heavy atom. The van der Waals surface area contributed by atoms with E-state index in [9.17, 15) is 4.39 Å². The molecule has 0 aliphatic carbocycles. The van der Waals surface area contributed by atoms with Crippen LogP contribution in [0, 0.1) is 5.82 Å². The third kappa shape index (κ3) is 3.60. The maximum absolute atomic E-state index is 13.5. The molecule has 0 amide bonds. The lowest BCUT2D eigenvalue weighted by molar-refractivity contribution is 0.126. The lowest BCUT2D eigenvalue weighted by Gasteiger charge is -2.33. The first-order valence-electron chi connectivity index (χ1n) is 8.94. The van der Waals surface area contributed by atoms with Gasteiger partial charge in [-0.15, -0.1) is 0 Å². The van der Waals surface area contributed by atoms with Crippen LogP contribution in [0.3, 0.4) is 0 Å². The second kappa shape index (κ2) is 6.98. The van der Waals surface area contributed by atoms with Gasteiger partial charge in [-0.2, -0.15) is 0 Å². The summed E-state index contributed by atoms with van der Waals surface area (Å²) in [4.78, 5) is 4.91. The predicted molar refractivity (Wildman–Crippen MR) is 99.0 cm³/mol. The fourth-order valence-electron chi connectivity index (χ4n) is 3.51. The summed E-state index contributed by atoms with van der Waals surface area (Å²) in [6.07, 6.45) is 0. The first-order chi connectivity index (χ1) is 12.2. The number of likely N-dealkylation sites (N-methyl/N-ethyl adjacent to an activating group) is 1. The van der Waals surface area contributed by atoms with Gasteiger partial charge in [0.15, 0.2) is 0 Å². The van der Waals surface area contributed by atoms with Crippen molar-refractivity contribution in [1.29, 1.82) is 0 Å². The Hall–Kier alpha value is -2.17. The Balaban J connectivity index is 1.52. The molecule has 25 heavy (non-hydrogen) atoms. The molecule has 1 saturated heterocycles. The fraction of sp³-hybridized carbons (Fsp3) is 0.333. The van der Waals surface area contributed by atoms with Crippen molar-refractivity contribution in [2.45, 2.75) is 13.5 Å². The summed E-state index contributed by atoms with van der Waals surface area (Å²) < 4.78 is 19.5. The molecule has 130 valence electrons. The largest absolute Gasteiger partial charge is 0.460 e. The quantitative estimate of drug-likeness (QED) is 0.704. The van der Waals surface area contributed by atoms with Crippen LogP contribution in [0.4, 0.5) is 4.39 Å². The van der Waals surface area contributed by atoms with Crippen molar-refractivity contribution in [2.75, 3.05) is 32.7 Å². The van der Waals surface area contributed by atoms with Gasteiger partial charge in [0.05, 0.1) is 6.54 Å². The molecule has 3 aromatic rings. The van der Waals surface area contributed by atoms with Gasteiger partial charge in [0.1, 0.15) is 17.2 Å². The van der Waals surface area contributed by atoms with Gasteiger partial charge in [-0.1, -0.05) is 25.1 Å². The minimum Gasteiger partial charge on any atom is -0.460 e. The zero-order valence-corrected chi connectivity index (χ0v) is 14.5. The van der Waals surface area contributed by atoms with Crippen molar-refractivity contribution in [3.8, 4) is 11.1 Å². The van der Waals surface area contributed by atoms with Crippen LogP contribution < -0.4 is 0 Å². The average molecular weight is 338 g/mol. The number of benzene rings is 2. The molecule has 0 saturated carbocycles. The van der Waals surface area contributed by atoms with Crippen LogP contribution in [0.2, 0.25) is 0 Å². The van der Waals surface area contributed by atoms with Crippen LogP contribution in [-0.2, 0) is 6.54 Å². The van der Waals surface area contributed by atoms with Crippen molar-refractivity contribution < 1.29 is 8.81 Å². The van der Waals surface area contributed by atoms with Crippen molar-refractivity contribution in [3.63, 3.8) is 0 Å². The number of piperazine rings is 1. The maximum Gasteiger partial charge on any atom is 0.134 e. The third-order valence-corrected chi connectivity index (χ3v) is 5.02. The Labute approximate surface area is 147 Å². The van der Waals surface area contributed by atoms with Crippen LogP contribution >= 0.6 is 0 Å².